The van der Waals surface area contributed by atoms with Crippen molar-refractivity contribution in [3.8, 4) is 11.1 Å². The second-order valence-corrected chi connectivity index (χ2v) is 7.82. The van der Waals surface area contributed by atoms with E-state index in [4.69, 9.17) is 15.6 Å². The molecular weight excluding hydrogens is 396 g/mol. The lowest BCUT2D eigenvalue weighted by Gasteiger charge is -2.33. The predicted octanol–water partition coefficient (Wildman–Crippen LogP) is 3.75. The maximum absolute atomic E-state index is 13.1. The van der Waals surface area contributed by atoms with E-state index in [-0.39, 0.29) is 31.4 Å². The summed E-state index contributed by atoms with van der Waals surface area (Å²) in [6, 6.07) is 14.7. The minimum atomic E-state index is -1.05. The molecule has 31 heavy (non-hydrogen) atoms. The molecule has 3 N–H and O–H groups in total. The fraction of sp³-hybridized carbons (Fsp3) is 0.375. The number of fused-ring (bicyclic) bond motifs is 3. The highest BCUT2D eigenvalue weighted by Crippen LogP contribution is 2.44. The molecule has 0 radical (unpaired) electrons. The summed E-state index contributed by atoms with van der Waals surface area (Å²) in [6.07, 6.45) is -0.414. The smallest absolute Gasteiger partial charge is 0.410 e. The Hall–Kier alpha value is -3.35. The summed E-state index contributed by atoms with van der Waals surface area (Å²) < 4.78 is 5.69. The van der Waals surface area contributed by atoms with Gasteiger partial charge in [-0.1, -0.05) is 55.5 Å². The van der Waals surface area contributed by atoms with E-state index in [0.717, 1.165) is 22.3 Å². The molecule has 2 amide bonds. The average Bonchev–Trinajstić information content (AvgIpc) is 3.08. The summed E-state index contributed by atoms with van der Waals surface area (Å²) in [4.78, 5) is 37.4. The van der Waals surface area contributed by atoms with Gasteiger partial charge in [-0.3, -0.25) is 14.5 Å². The number of hydrogen-bond acceptors (Lipinski definition) is 4. The maximum atomic E-state index is 13.1. The third-order valence-electron chi connectivity index (χ3n) is 5.91. The number of benzene rings is 2. The average molecular weight is 424 g/mol. The quantitative estimate of drug-likeness (QED) is 0.637. The Morgan fingerprint density at radius 1 is 1.06 bits per heavy atom. The number of nitrogens with two attached hydrogens (primary N) is 1. The van der Waals surface area contributed by atoms with Gasteiger partial charge in [-0.2, -0.15) is 0 Å². The van der Waals surface area contributed by atoms with Gasteiger partial charge in [-0.25, -0.2) is 4.79 Å². The van der Waals surface area contributed by atoms with Crippen molar-refractivity contribution in [2.24, 2.45) is 5.73 Å². The van der Waals surface area contributed by atoms with Crippen LogP contribution < -0.4 is 5.73 Å². The van der Waals surface area contributed by atoms with Crippen molar-refractivity contribution in [3.63, 3.8) is 0 Å². The molecule has 1 aliphatic carbocycles. The van der Waals surface area contributed by atoms with Crippen LogP contribution in [-0.4, -0.2) is 46.7 Å². The zero-order valence-corrected chi connectivity index (χ0v) is 17.8. The first-order chi connectivity index (χ1) is 14.8. The molecule has 0 bridgehead atoms. The Morgan fingerprint density at radius 2 is 1.61 bits per heavy atom. The number of amides is 2. The van der Waals surface area contributed by atoms with Crippen molar-refractivity contribution in [2.45, 2.75) is 51.1 Å². The fourth-order valence-electron chi connectivity index (χ4n) is 4.16. The number of hydrogen-bond donors (Lipinski definition) is 2. The summed E-state index contributed by atoms with van der Waals surface area (Å²) in [5, 5.41) is 9.01. The second kappa shape index (κ2) is 9.64. The Bertz CT molecular complexity index is 928. The standard InChI is InChI=1S/C24H28N2O5/c1-3-15(2)26(21(23(25)29)12-13-22(27)28)24(30)31-14-20-18-10-6-4-8-16(18)17-9-5-7-11-19(17)20/h4-11,15,20-21H,3,12-14H2,1-2H3,(H2,25,29)(H,27,28)/t15?,21-/m0/s1. The van der Waals surface area contributed by atoms with E-state index in [2.05, 4.69) is 12.1 Å². The van der Waals surface area contributed by atoms with Crippen LogP contribution in [0.15, 0.2) is 48.5 Å². The lowest BCUT2D eigenvalue weighted by Crippen LogP contribution is -2.52. The van der Waals surface area contributed by atoms with Gasteiger partial charge in [-0.15, -0.1) is 0 Å². The number of ether oxygens (including phenoxy) is 1. The van der Waals surface area contributed by atoms with Gasteiger partial charge in [-0.05, 0) is 42.0 Å². The Morgan fingerprint density at radius 3 is 2.10 bits per heavy atom. The van der Waals surface area contributed by atoms with Crippen LogP contribution in [0.2, 0.25) is 0 Å². The van der Waals surface area contributed by atoms with E-state index in [1.165, 1.54) is 4.90 Å². The van der Waals surface area contributed by atoms with Crippen LogP contribution >= 0.6 is 0 Å². The van der Waals surface area contributed by atoms with E-state index >= 15 is 0 Å². The van der Waals surface area contributed by atoms with Crippen LogP contribution in [0, 0.1) is 0 Å². The van der Waals surface area contributed by atoms with Gasteiger partial charge in [0.1, 0.15) is 12.6 Å². The van der Waals surface area contributed by atoms with Crippen LogP contribution in [-0.2, 0) is 14.3 Å². The molecule has 3 rings (SSSR count). The highest BCUT2D eigenvalue weighted by atomic mass is 16.6. The van der Waals surface area contributed by atoms with Crippen LogP contribution in [0.4, 0.5) is 4.79 Å². The molecule has 1 unspecified atom stereocenters. The molecule has 0 spiro atoms. The zero-order chi connectivity index (χ0) is 22.5. The number of primary amides is 1. The largest absolute Gasteiger partial charge is 0.481 e. The first-order valence-electron chi connectivity index (χ1n) is 10.5. The van der Waals surface area contributed by atoms with E-state index in [9.17, 15) is 14.4 Å². The van der Waals surface area contributed by atoms with Gasteiger partial charge in [0.05, 0.1) is 0 Å². The number of carboxylic acids is 1. The van der Waals surface area contributed by atoms with E-state index in [1.807, 2.05) is 43.3 Å². The molecule has 2 aromatic rings. The summed E-state index contributed by atoms with van der Waals surface area (Å²) in [6.45, 7) is 3.78. The number of carboxylic acid groups (broad SMARTS) is 1. The highest BCUT2D eigenvalue weighted by molar-refractivity contribution is 5.85. The number of carbonyl (C=O) groups excluding carboxylic acids is 2. The van der Waals surface area contributed by atoms with Crippen molar-refractivity contribution >= 4 is 18.0 Å². The predicted molar refractivity (Wildman–Crippen MR) is 117 cm³/mol. The molecular formula is C24H28N2O5. The summed E-state index contributed by atoms with van der Waals surface area (Å²) >= 11 is 0. The fourth-order valence-corrected chi connectivity index (χ4v) is 4.16. The summed E-state index contributed by atoms with van der Waals surface area (Å²) in [5.74, 6) is -1.90. The van der Waals surface area contributed by atoms with Crippen LogP contribution in [0.5, 0.6) is 0 Å². The minimum Gasteiger partial charge on any atom is -0.481 e. The van der Waals surface area contributed by atoms with Crippen molar-refractivity contribution in [3.05, 3.63) is 59.7 Å². The monoisotopic (exact) mass is 424 g/mol. The molecule has 0 saturated carbocycles. The zero-order valence-electron chi connectivity index (χ0n) is 17.8. The molecule has 0 aliphatic heterocycles. The Balaban J connectivity index is 1.81. The van der Waals surface area contributed by atoms with Gasteiger partial charge < -0.3 is 15.6 Å². The number of nitrogens with zero attached hydrogens (tertiary/aromatic N) is 1. The molecule has 164 valence electrons. The van der Waals surface area contributed by atoms with Crippen LogP contribution in [0.1, 0.15) is 50.2 Å². The normalized spacial score (nSPS) is 14.3. The van der Waals surface area contributed by atoms with E-state index < -0.39 is 24.0 Å². The maximum Gasteiger partial charge on any atom is 0.410 e. The van der Waals surface area contributed by atoms with Gasteiger partial charge in [0.25, 0.3) is 0 Å². The van der Waals surface area contributed by atoms with Gasteiger partial charge in [0.15, 0.2) is 0 Å². The third-order valence-corrected chi connectivity index (χ3v) is 5.91. The lowest BCUT2D eigenvalue weighted by atomic mass is 9.98. The second-order valence-electron chi connectivity index (χ2n) is 7.82. The SMILES string of the molecule is CCC(C)N(C(=O)OCC1c2ccccc2-c2ccccc21)[C@@H](CCC(=O)O)C(N)=O. The lowest BCUT2D eigenvalue weighted by molar-refractivity contribution is -0.137. The number of rotatable bonds is 9. The van der Waals surface area contributed by atoms with Crippen molar-refractivity contribution < 1.29 is 24.2 Å². The molecule has 7 nitrogen and oxygen atoms in total. The number of carbonyl (C=O) groups is 3. The molecule has 0 heterocycles. The summed E-state index contributed by atoms with van der Waals surface area (Å²) in [5.41, 5.74) is 9.93. The molecule has 2 atom stereocenters. The first kappa shape index (κ1) is 22.3. The Kier molecular flexibility index (Phi) is 6.95. The summed E-state index contributed by atoms with van der Waals surface area (Å²) in [7, 11) is 0. The van der Waals surface area contributed by atoms with Crippen molar-refractivity contribution in [1.82, 2.24) is 4.90 Å². The molecule has 7 heteroatoms. The molecule has 2 aromatic carbocycles. The third kappa shape index (κ3) is 4.71. The van der Waals surface area contributed by atoms with Crippen LogP contribution in [0.3, 0.4) is 0 Å². The topological polar surface area (TPSA) is 110 Å². The van der Waals surface area contributed by atoms with Crippen molar-refractivity contribution in [1.29, 1.82) is 0 Å². The van der Waals surface area contributed by atoms with Crippen molar-refractivity contribution in [2.75, 3.05) is 6.61 Å². The highest BCUT2D eigenvalue weighted by Gasteiger charge is 2.35. The minimum absolute atomic E-state index is 0.0563. The first-order valence-corrected chi connectivity index (χ1v) is 10.5. The number of aliphatic carboxylic acids is 1. The van der Waals surface area contributed by atoms with Crippen LogP contribution in [0.25, 0.3) is 11.1 Å². The molecule has 0 fully saturated rings. The van der Waals surface area contributed by atoms with E-state index in [0.29, 0.717) is 6.42 Å². The van der Waals surface area contributed by atoms with Gasteiger partial charge >= 0.3 is 12.1 Å². The van der Waals surface area contributed by atoms with E-state index in [1.54, 1.807) is 6.92 Å². The Labute approximate surface area is 181 Å². The van der Waals surface area contributed by atoms with Gasteiger partial charge in [0.2, 0.25) is 5.91 Å². The molecule has 0 saturated heterocycles. The molecule has 1 aliphatic rings. The molecule has 0 aromatic heterocycles. The van der Waals surface area contributed by atoms with Gasteiger partial charge in [0, 0.05) is 18.4 Å².